The van der Waals surface area contributed by atoms with E-state index in [-0.39, 0.29) is 30.4 Å². The number of carbonyl (C=O) groups is 2. The number of hydrogen-bond acceptors (Lipinski definition) is 3. The maximum Gasteiger partial charge on any atom is 0.246 e. The van der Waals surface area contributed by atoms with E-state index in [9.17, 15) is 9.59 Å². The highest BCUT2D eigenvalue weighted by atomic mass is 32.1. The third-order valence-corrected chi connectivity index (χ3v) is 5.19. The van der Waals surface area contributed by atoms with E-state index in [2.05, 4.69) is 19.9 Å². The largest absolute Gasteiger partial charge is 0.329 e. The lowest BCUT2D eigenvalue weighted by molar-refractivity contribution is -0.156. The molecule has 20 heavy (non-hydrogen) atoms. The van der Waals surface area contributed by atoms with Gasteiger partial charge in [-0.2, -0.15) is 0 Å². The summed E-state index contributed by atoms with van der Waals surface area (Å²) in [5.74, 6) is 0.543. The molecule has 0 aliphatic carbocycles. The Balaban J connectivity index is 1.91. The van der Waals surface area contributed by atoms with Crippen LogP contribution in [0, 0.1) is 5.92 Å². The van der Waals surface area contributed by atoms with Gasteiger partial charge in [-0.15, -0.1) is 11.3 Å². The summed E-state index contributed by atoms with van der Waals surface area (Å²) in [6.45, 7) is 5.21. The summed E-state index contributed by atoms with van der Waals surface area (Å²) >= 11 is 1.66. The third kappa shape index (κ3) is 2.14. The van der Waals surface area contributed by atoms with Crippen LogP contribution in [-0.2, 0) is 9.59 Å². The van der Waals surface area contributed by atoms with E-state index in [1.807, 2.05) is 16.3 Å². The van der Waals surface area contributed by atoms with Crippen molar-refractivity contribution in [2.75, 3.05) is 13.1 Å². The Labute approximate surface area is 123 Å². The van der Waals surface area contributed by atoms with Crippen LogP contribution < -0.4 is 0 Å². The minimum Gasteiger partial charge on any atom is -0.329 e. The zero-order valence-corrected chi connectivity index (χ0v) is 12.7. The highest BCUT2D eigenvalue weighted by molar-refractivity contribution is 7.10. The van der Waals surface area contributed by atoms with Crippen molar-refractivity contribution >= 4 is 23.2 Å². The van der Waals surface area contributed by atoms with Crippen LogP contribution in [0.3, 0.4) is 0 Å². The normalized spacial score (nSPS) is 24.4. The molecule has 2 atom stereocenters. The van der Waals surface area contributed by atoms with Crippen molar-refractivity contribution in [1.82, 2.24) is 9.80 Å². The number of thiophene rings is 1. The summed E-state index contributed by atoms with van der Waals surface area (Å²) in [6.07, 6.45) is 1.76. The molecule has 2 aliphatic heterocycles. The Bertz CT molecular complexity index is 512. The number of fused-ring (bicyclic) bond motifs is 1. The average Bonchev–Trinajstić information content (AvgIpc) is 3.06. The standard InChI is InChI=1S/C15H20N2O2S/c1-10(2)14(12-6-4-8-20-12)17-9-13(18)16-7-3-5-11(16)15(17)19/h4,6,8,10-11,14H,3,5,7,9H2,1-2H3. The molecule has 0 N–H and O–H groups in total. The van der Waals surface area contributed by atoms with E-state index in [0.29, 0.717) is 5.92 Å². The van der Waals surface area contributed by atoms with Gasteiger partial charge in [0.25, 0.3) is 0 Å². The maximum absolute atomic E-state index is 12.7. The number of rotatable bonds is 3. The Morgan fingerprint density at radius 3 is 2.80 bits per heavy atom. The second-order valence-corrected chi connectivity index (χ2v) is 6.89. The third-order valence-electron chi connectivity index (χ3n) is 4.25. The quantitative estimate of drug-likeness (QED) is 0.857. The SMILES string of the molecule is CC(C)C(c1cccs1)N1CC(=O)N2CCCC2C1=O. The molecule has 0 spiro atoms. The summed E-state index contributed by atoms with van der Waals surface area (Å²) in [5, 5.41) is 2.03. The fourth-order valence-electron chi connectivity index (χ4n) is 3.36. The molecule has 0 radical (unpaired) electrons. The molecule has 2 unspecified atom stereocenters. The van der Waals surface area contributed by atoms with Gasteiger partial charge >= 0.3 is 0 Å². The fraction of sp³-hybridized carbons (Fsp3) is 0.600. The maximum atomic E-state index is 12.7. The number of nitrogens with zero attached hydrogens (tertiary/aromatic N) is 2. The number of carbonyl (C=O) groups excluding carboxylic acids is 2. The van der Waals surface area contributed by atoms with Gasteiger partial charge in [0, 0.05) is 11.4 Å². The van der Waals surface area contributed by atoms with Crippen molar-refractivity contribution < 1.29 is 9.59 Å². The first-order valence-electron chi connectivity index (χ1n) is 7.23. The van der Waals surface area contributed by atoms with Gasteiger partial charge in [0.15, 0.2) is 0 Å². The molecule has 0 bridgehead atoms. The summed E-state index contributed by atoms with van der Waals surface area (Å²) in [6, 6.07) is 3.88. The Hall–Kier alpha value is -1.36. The van der Waals surface area contributed by atoms with E-state index < -0.39 is 0 Å². The average molecular weight is 292 g/mol. The number of amides is 2. The molecular formula is C15H20N2O2S. The molecule has 2 aliphatic rings. The number of piperazine rings is 1. The van der Waals surface area contributed by atoms with Crippen LogP contribution >= 0.6 is 11.3 Å². The molecule has 1 aromatic rings. The van der Waals surface area contributed by atoms with Crippen LogP contribution in [-0.4, -0.2) is 40.7 Å². The molecule has 108 valence electrons. The molecule has 2 saturated heterocycles. The lowest BCUT2D eigenvalue weighted by Crippen LogP contribution is -2.58. The van der Waals surface area contributed by atoms with Crippen molar-refractivity contribution in [3.05, 3.63) is 22.4 Å². The van der Waals surface area contributed by atoms with E-state index in [1.165, 1.54) is 4.88 Å². The van der Waals surface area contributed by atoms with E-state index in [1.54, 1.807) is 16.2 Å². The van der Waals surface area contributed by atoms with Crippen LogP contribution in [0.25, 0.3) is 0 Å². The van der Waals surface area contributed by atoms with Gasteiger partial charge in [0.05, 0.1) is 6.04 Å². The van der Waals surface area contributed by atoms with Crippen molar-refractivity contribution in [3.63, 3.8) is 0 Å². The molecular weight excluding hydrogens is 272 g/mol. The van der Waals surface area contributed by atoms with Gasteiger partial charge in [0.1, 0.15) is 12.6 Å². The summed E-state index contributed by atoms with van der Waals surface area (Å²) < 4.78 is 0. The van der Waals surface area contributed by atoms with Gasteiger partial charge < -0.3 is 9.80 Å². The topological polar surface area (TPSA) is 40.6 Å². The van der Waals surface area contributed by atoms with Crippen LogP contribution in [0.4, 0.5) is 0 Å². The minimum atomic E-state index is -0.211. The predicted molar refractivity (Wildman–Crippen MR) is 78.3 cm³/mol. The zero-order valence-electron chi connectivity index (χ0n) is 11.9. The zero-order chi connectivity index (χ0) is 14.3. The van der Waals surface area contributed by atoms with Crippen molar-refractivity contribution in [1.29, 1.82) is 0 Å². The Kier molecular flexibility index (Phi) is 3.54. The minimum absolute atomic E-state index is 0.0224. The fourth-order valence-corrected chi connectivity index (χ4v) is 4.38. The van der Waals surface area contributed by atoms with Crippen LogP contribution in [0.2, 0.25) is 0 Å². The van der Waals surface area contributed by atoms with Gasteiger partial charge in [-0.05, 0) is 30.2 Å². The highest BCUT2D eigenvalue weighted by Crippen LogP contribution is 2.35. The lowest BCUT2D eigenvalue weighted by Gasteiger charge is -2.41. The second-order valence-electron chi connectivity index (χ2n) is 5.92. The number of hydrogen-bond donors (Lipinski definition) is 0. The first-order valence-corrected chi connectivity index (χ1v) is 8.11. The molecule has 3 heterocycles. The molecule has 0 aromatic carbocycles. The molecule has 2 amide bonds. The van der Waals surface area contributed by atoms with Gasteiger partial charge in [0.2, 0.25) is 11.8 Å². The van der Waals surface area contributed by atoms with Crippen LogP contribution in [0.5, 0.6) is 0 Å². The molecule has 1 aromatic heterocycles. The molecule has 0 saturated carbocycles. The van der Waals surface area contributed by atoms with Crippen molar-refractivity contribution in [2.45, 2.75) is 38.8 Å². The van der Waals surface area contributed by atoms with Crippen molar-refractivity contribution in [2.24, 2.45) is 5.92 Å². The molecule has 2 fully saturated rings. The molecule has 5 heteroatoms. The van der Waals surface area contributed by atoms with E-state index in [4.69, 9.17) is 0 Å². The predicted octanol–water partition coefficient (Wildman–Crippen LogP) is 2.28. The lowest BCUT2D eigenvalue weighted by atomic mass is 9.98. The molecule has 4 nitrogen and oxygen atoms in total. The molecule has 3 rings (SSSR count). The van der Waals surface area contributed by atoms with Gasteiger partial charge in [-0.25, -0.2) is 0 Å². The van der Waals surface area contributed by atoms with Gasteiger partial charge in [-0.3, -0.25) is 9.59 Å². The monoisotopic (exact) mass is 292 g/mol. The van der Waals surface area contributed by atoms with E-state index >= 15 is 0 Å². The summed E-state index contributed by atoms with van der Waals surface area (Å²) in [4.78, 5) is 29.7. The van der Waals surface area contributed by atoms with E-state index in [0.717, 1.165) is 19.4 Å². The first-order chi connectivity index (χ1) is 9.59. The summed E-state index contributed by atoms with van der Waals surface area (Å²) in [5.41, 5.74) is 0. The summed E-state index contributed by atoms with van der Waals surface area (Å²) in [7, 11) is 0. The van der Waals surface area contributed by atoms with Crippen molar-refractivity contribution in [3.8, 4) is 0 Å². The van der Waals surface area contributed by atoms with Crippen LogP contribution in [0.15, 0.2) is 17.5 Å². The highest BCUT2D eigenvalue weighted by Gasteiger charge is 2.45. The van der Waals surface area contributed by atoms with Gasteiger partial charge in [-0.1, -0.05) is 19.9 Å². The first kappa shape index (κ1) is 13.6. The Morgan fingerprint density at radius 1 is 1.35 bits per heavy atom. The Morgan fingerprint density at radius 2 is 2.15 bits per heavy atom. The van der Waals surface area contributed by atoms with Crippen LogP contribution in [0.1, 0.15) is 37.6 Å². The second kappa shape index (κ2) is 5.20. The smallest absolute Gasteiger partial charge is 0.246 e.